The van der Waals surface area contributed by atoms with Crippen molar-refractivity contribution >= 4 is 23.4 Å². The van der Waals surface area contributed by atoms with Crippen LogP contribution in [-0.4, -0.2) is 37.5 Å². The summed E-state index contributed by atoms with van der Waals surface area (Å²) in [4.78, 5) is 25.2. The van der Waals surface area contributed by atoms with Crippen molar-refractivity contribution in [2.75, 3.05) is 19.6 Å². The lowest BCUT2D eigenvalue weighted by atomic mass is 10.0. The summed E-state index contributed by atoms with van der Waals surface area (Å²) in [5.41, 5.74) is 1.45. The molecule has 0 aliphatic carbocycles. The summed E-state index contributed by atoms with van der Waals surface area (Å²) >= 11 is 5.87. The van der Waals surface area contributed by atoms with E-state index in [0.29, 0.717) is 30.1 Å². The molecule has 0 bridgehead atoms. The van der Waals surface area contributed by atoms with Gasteiger partial charge < -0.3 is 16.0 Å². The SMILES string of the molecule is CCCNCCNC(=O)C(Cc1ccccc1)NC(=O)c1ccc(Cl)cc1. The Kier molecular flexibility index (Phi) is 8.81. The van der Waals surface area contributed by atoms with Crippen LogP contribution in [0.1, 0.15) is 29.3 Å². The fourth-order valence-corrected chi connectivity index (χ4v) is 2.73. The van der Waals surface area contributed by atoms with Gasteiger partial charge in [0, 0.05) is 30.1 Å². The first-order valence-electron chi connectivity index (χ1n) is 9.19. The second kappa shape index (κ2) is 11.4. The van der Waals surface area contributed by atoms with Gasteiger partial charge in [0.2, 0.25) is 5.91 Å². The van der Waals surface area contributed by atoms with E-state index in [1.165, 1.54) is 0 Å². The van der Waals surface area contributed by atoms with Crippen LogP contribution in [0.5, 0.6) is 0 Å². The van der Waals surface area contributed by atoms with E-state index >= 15 is 0 Å². The topological polar surface area (TPSA) is 70.2 Å². The quantitative estimate of drug-likeness (QED) is 0.549. The molecule has 6 heteroatoms. The molecule has 144 valence electrons. The van der Waals surface area contributed by atoms with Crippen molar-refractivity contribution in [2.45, 2.75) is 25.8 Å². The highest BCUT2D eigenvalue weighted by Crippen LogP contribution is 2.10. The van der Waals surface area contributed by atoms with Crippen molar-refractivity contribution in [1.82, 2.24) is 16.0 Å². The second-order valence-corrected chi connectivity index (χ2v) is 6.70. The van der Waals surface area contributed by atoms with Crippen molar-refractivity contribution in [1.29, 1.82) is 0 Å². The smallest absolute Gasteiger partial charge is 0.251 e. The largest absolute Gasteiger partial charge is 0.353 e. The van der Waals surface area contributed by atoms with E-state index in [-0.39, 0.29) is 11.8 Å². The summed E-state index contributed by atoms with van der Waals surface area (Å²) in [7, 11) is 0. The highest BCUT2D eigenvalue weighted by atomic mass is 35.5. The molecule has 1 unspecified atom stereocenters. The number of rotatable bonds is 10. The second-order valence-electron chi connectivity index (χ2n) is 6.26. The van der Waals surface area contributed by atoms with Crippen molar-refractivity contribution in [3.8, 4) is 0 Å². The molecule has 0 aromatic heterocycles. The zero-order valence-electron chi connectivity index (χ0n) is 15.5. The van der Waals surface area contributed by atoms with Gasteiger partial charge in [-0.15, -0.1) is 0 Å². The van der Waals surface area contributed by atoms with Crippen LogP contribution >= 0.6 is 11.6 Å². The number of carbonyl (C=O) groups is 2. The van der Waals surface area contributed by atoms with E-state index in [1.54, 1.807) is 24.3 Å². The molecule has 3 N–H and O–H groups in total. The molecule has 5 nitrogen and oxygen atoms in total. The first kappa shape index (κ1) is 20.9. The van der Waals surface area contributed by atoms with Gasteiger partial charge in [0.25, 0.3) is 5.91 Å². The van der Waals surface area contributed by atoms with Crippen molar-refractivity contribution in [2.24, 2.45) is 0 Å². The summed E-state index contributed by atoms with van der Waals surface area (Å²) in [5.74, 6) is -0.494. The summed E-state index contributed by atoms with van der Waals surface area (Å²) in [6.45, 7) is 4.22. The molecule has 27 heavy (non-hydrogen) atoms. The third kappa shape index (κ3) is 7.41. The minimum atomic E-state index is -0.651. The number of carbonyl (C=O) groups excluding carboxylic acids is 2. The van der Waals surface area contributed by atoms with E-state index in [2.05, 4.69) is 22.9 Å². The molecule has 0 fully saturated rings. The zero-order chi connectivity index (χ0) is 19.5. The highest BCUT2D eigenvalue weighted by Gasteiger charge is 2.21. The number of amides is 2. The summed E-state index contributed by atoms with van der Waals surface area (Å²) in [5, 5.41) is 9.53. The molecule has 0 spiro atoms. The lowest BCUT2D eigenvalue weighted by molar-refractivity contribution is -0.122. The predicted octanol–water partition coefficient (Wildman–Crippen LogP) is 2.80. The molecule has 2 rings (SSSR count). The minimum Gasteiger partial charge on any atom is -0.353 e. The summed E-state index contributed by atoms with van der Waals surface area (Å²) < 4.78 is 0. The Morgan fingerprint density at radius 3 is 2.33 bits per heavy atom. The van der Waals surface area contributed by atoms with E-state index < -0.39 is 6.04 Å². The molecule has 0 aliphatic heterocycles. The van der Waals surface area contributed by atoms with Crippen LogP contribution in [0.15, 0.2) is 54.6 Å². The molecule has 0 saturated carbocycles. The van der Waals surface area contributed by atoms with Gasteiger partial charge in [0.05, 0.1) is 0 Å². The molecule has 0 heterocycles. The maximum atomic E-state index is 12.6. The molecular weight excluding hydrogens is 362 g/mol. The fourth-order valence-electron chi connectivity index (χ4n) is 2.60. The zero-order valence-corrected chi connectivity index (χ0v) is 16.3. The monoisotopic (exact) mass is 387 g/mol. The summed E-state index contributed by atoms with van der Waals surface area (Å²) in [6.07, 6.45) is 1.47. The Morgan fingerprint density at radius 1 is 0.963 bits per heavy atom. The van der Waals surface area contributed by atoms with Crippen LogP contribution in [0.3, 0.4) is 0 Å². The third-order valence-corrected chi connectivity index (χ3v) is 4.29. The van der Waals surface area contributed by atoms with Gasteiger partial charge in [-0.2, -0.15) is 0 Å². The van der Waals surface area contributed by atoms with Crippen molar-refractivity contribution in [3.63, 3.8) is 0 Å². The minimum absolute atomic E-state index is 0.195. The maximum Gasteiger partial charge on any atom is 0.251 e. The molecule has 0 radical (unpaired) electrons. The molecule has 0 saturated heterocycles. The highest BCUT2D eigenvalue weighted by molar-refractivity contribution is 6.30. The first-order valence-corrected chi connectivity index (χ1v) is 9.56. The number of halogens is 1. The van der Waals surface area contributed by atoms with Gasteiger partial charge in [-0.05, 0) is 42.8 Å². The first-order chi connectivity index (χ1) is 13.1. The van der Waals surface area contributed by atoms with E-state index in [1.807, 2.05) is 30.3 Å². The molecule has 0 aliphatic rings. The van der Waals surface area contributed by atoms with Crippen LogP contribution in [0.25, 0.3) is 0 Å². The van der Waals surface area contributed by atoms with Crippen LogP contribution < -0.4 is 16.0 Å². The van der Waals surface area contributed by atoms with Crippen LogP contribution in [0.4, 0.5) is 0 Å². The number of hydrogen-bond donors (Lipinski definition) is 3. The Hall–Kier alpha value is -2.37. The number of nitrogens with one attached hydrogen (secondary N) is 3. The Balaban J connectivity index is 2.01. The van der Waals surface area contributed by atoms with Crippen LogP contribution in [0.2, 0.25) is 5.02 Å². The van der Waals surface area contributed by atoms with Crippen molar-refractivity contribution in [3.05, 3.63) is 70.7 Å². The van der Waals surface area contributed by atoms with E-state index in [4.69, 9.17) is 11.6 Å². The van der Waals surface area contributed by atoms with Crippen LogP contribution in [-0.2, 0) is 11.2 Å². The van der Waals surface area contributed by atoms with Crippen molar-refractivity contribution < 1.29 is 9.59 Å². The Bertz CT molecular complexity index is 720. The lowest BCUT2D eigenvalue weighted by Gasteiger charge is -2.19. The van der Waals surface area contributed by atoms with Gasteiger partial charge in [0.15, 0.2) is 0 Å². The van der Waals surface area contributed by atoms with Crippen LogP contribution in [0, 0.1) is 0 Å². The van der Waals surface area contributed by atoms with E-state index in [9.17, 15) is 9.59 Å². The van der Waals surface area contributed by atoms with Gasteiger partial charge >= 0.3 is 0 Å². The molecule has 2 aromatic carbocycles. The van der Waals surface area contributed by atoms with Gasteiger partial charge in [0.1, 0.15) is 6.04 Å². The number of benzene rings is 2. The standard InChI is InChI=1S/C21H26ClN3O2/c1-2-12-23-13-14-24-21(27)19(15-16-6-4-3-5-7-16)25-20(26)17-8-10-18(22)11-9-17/h3-11,19,23H,2,12-15H2,1H3,(H,24,27)(H,25,26). The third-order valence-electron chi connectivity index (χ3n) is 4.04. The maximum absolute atomic E-state index is 12.6. The van der Waals surface area contributed by atoms with Gasteiger partial charge in [-0.25, -0.2) is 0 Å². The molecular formula is C21H26ClN3O2. The van der Waals surface area contributed by atoms with Gasteiger partial charge in [-0.1, -0.05) is 48.9 Å². The number of hydrogen-bond acceptors (Lipinski definition) is 3. The average Bonchev–Trinajstić information content (AvgIpc) is 2.68. The normalized spacial score (nSPS) is 11.6. The van der Waals surface area contributed by atoms with E-state index in [0.717, 1.165) is 18.5 Å². The summed E-state index contributed by atoms with van der Waals surface area (Å²) in [6, 6.07) is 15.6. The fraction of sp³-hybridized carbons (Fsp3) is 0.333. The molecule has 2 aromatic rings. The predicted molar refractivity (Wildman–Crippen MR) is 109 cm³/mol. The lowest BCUT2D eigenvalue weighted by Crippen LogP contribution is -2.49. The Morgan fingerprint density at radius 2 is 1.67 bits per heavy atom. The van der Waals surface area contributed by atoms with Gasteiger partial charge in [-0.3, -0.25) is 9.59 Å². The Labute approximate surface area is 165 Å². The average molecular weight is 388 g/mol. The molecule has 1 atom stereocenters. The molecule has 2 amide bonds.